The van der Waals surface area contributed by atoms with Crippen LogP contribution in [0, 0.1) is 0 Å². The van der Waals surface area contributed by atoms with E-state index in [1.54, 1.807) is 7.11 Å². The number of hydrogen-bond acceptors (Lipinski definition) is 3. The molecule has 1 atom stereocenters. The molecule has 1 aliphatic rings. The molecule has 0 saturated carbocycles. The van der Waals surface area contributed by atoms with Crippen molar-refractivity contribution in [3.8, 4) is 5.75 Å². The predicted octanol–water partition coefficient (Wildman–Crippen LogP) is 2.74. The standard InChI is InChI=1S/C16H23NO3/c1-20-15-7-3-2-6-14(15)13-9-11-17(12-13)10-5-4-8-16(18)19/h2-3,6-7,13H,4-5,8-12H2,1H3,(H,18,19). The van der Waals surface area contributed by atoms with E-state index in [9.17, 15) is 4.79 Å². The van der Waals surface area contributed by atoms with E-state index in [0.717, 1.165) is 44.6 Å². The molecule has 1 aromatic rings. The molecule has 0 radical (unpaired) electrons. The van der Waals surface area contributed by atoms with Gasteiger partial charge < -0.3 is 14.7 Å². The first-order chi connectivity index (χ1) is 9.70. The van der Waals surface area contributed by atoms with Crippen molar-refractivity contribution in [1.82, 2.24) is 4.90 Å². The quantitative estimate of drug-likeness (QED) is 0.779. The maximum Gasteiger partial charge on any atom is 0.303 e. The van der Waals surface area contributed by atoms with Crippen LogP contribution in [0.2, 0.25) is 0 Å². The molecule has 0 aliphatic carbocycles. The Morgan fingerprint density at radius 2 is 2.20 bits per heavy atom. The van der Waals surface area contributed by atoms with Crippen LogP contribution in [0.4, 0.5) is 0 Å². The topological polar surface area (TPSA) is 49.8 Å². The molecular formula is C16H23NO3. The summed E-state index contributed by atoms with van der Waals surface area (Å²) in [5.41, 5.74) is 1.29. The van der Waals surface area contributed by atoms with E-state index in [1.165, 1.54) is 5.56 Å². The largest absolute Gasteiger partial charge is 0.496 e. The van der Waals surface area contributed by atoms with Crippen molar-refractivity contribution < 1.29 is 14.6 Å². The fourth-order valence-electron chi connectivity index (χ4n) is 2.90. The molecule has 1 aromatic carbocycles. The van der Waals surface area contributed by atoms with Crippen LogP contribution >= 0.6 is 0 Å². The SMILES string of the molecule is COc1ccccc1C1CCN(CCCCC(=O)O)C1. The van der Waals surface area contributed by atoms with Crippen LogP contribution in [0.3, 0.4) is 0 Å². The number of likely N-dealkylation sites (tertiary alicyclic amines) is 1. The summed E-state index contributed by atoms with van der Waals surface area (Å²) >= 11 is 0. The van der Waals surface area contributed by atoms with Crippen LogP contribution < -0.4 is 4.74 Å². The Balaban J connectivity index is 1.81. The zero-order valence-corrected chi connectivity index (χ0v) is 12.0. The second-order valence-corrected chi connectivity index (χ2v) is 5.38. The Hall–Kier alpha value is -1.55. The summed E-state index contributed by atoms with van der Waals surface area (Å²) in [5.74, 6) is 0.814. The number of methoxy groups -OCH3 is 1. The molecule has 1 N–H and O–H groups in total. The van der Waals surface area contributed by atoms with E-state index in [1.807, 2.05) is 12.1 Å². The summed E-state index contributed by atoms with van der Waals surface area (Å²) in [7, 11) is 1.72. The Bertz CT molecular complexity index is 447. The van der Waals surface area contributed by atoms with E-state index in [-0.39, 0.29) is 6.42 Å². The van der Waals surface area contributed by atoms with Gasteiger partial charge in [-0.1, -0.05) is 18.2 Å². The van der Waals surface area contributed by atoms with Gasteiger partial charge in [0.2, 0.25) is 0 Å². The number of rotatable bonds is 7. The van der Waals surface area contributed by atoms with Gasteiger partial charge in [0.1, 0.15) is 5.75 Å². The second-order valence-electron chi connectivity index (χ2n) is 5.38. The number of unbranched alkanes of at least 4 members (excludes halogenated alkanes) is 1. The number of para-hydroxylation sites is 1. The van der Waals surface area contributed by atoms with Crippen LogP contribution in [0.1, 0.15) is 37.2 Å². The number of carboxylic acid groups (broad SMARTS) is 1. The zero-order chi connectivity index (χ0) is 14.4. The van der Waals surface area contributed by atoms with Gasteiger partial charge in [0.05, 0.1) is 7.11 Å². The lowest BCUT2D eigenvalue weighted by atomic mass is 9.97. The van der Waals surface area contributed by atoms with E-state index in [4.69, 9.17) is 9.84 Å². The van der Waals surface area contributed by atoms with Crippen molar-refractivity contribution in [3.63, 3.8) is 0 Å². The molecular weight excluding hydrogens is 254 g/mol. The predicted molar refractivity (Wildman–Crippen MR) is 78.3 cm³/mol. The molecule has 110 valence electrons. The summed E-state index contributed by atoms with van der Waals surface area (Å²) in [6.45, 7) is 3.14. The van der Waals surface area contributed by atoms with E-state index < -0.39 is 5.97 Å². The van der Waals surface area contributed by atoms with E-state index in [0.29, 0.717) is 5.92 Å². The fraction of sp³-hybridized carbons (Fsp3) is 0.562. The van der Waals surface area contributed by atoms with Crippen LogP contribution in [-0.4, -0.2) is 42.7 Å². The van der Waals surface area contributed by atoms with Gasteiger partial charge in [-0.25, -0.2) is 0 Å². The molecule has 2 rings (SSSR count). The zero-order valence-electron chi connectivity index (χ0n) is 12.0. The Labute approximate surface area is 120 Å². The average molecular weight is 277 g/mol. The molecule has 20 heavy (non-hydrogen) atoms. The molecule has 1 fully saturated rings. The smallest absolute Gasteiger partial charge is 0.303 e. The van der Waals surface area contributed by atoms with Crippen molar-refractivity contribution in [1.29, 1.82) is 0 Å². The lowest BCUT2D eigenvalue weighted by Gasteiger charge is -2.17. The van der Waals surface area contributed by atoms with Gasteiger partial charge in [-0.05, 0) is 44.0 Å². The summed E-state index contributed by atoms with van der Waals surface area (Å²) in [4.78, 5) is 12.9. The highest BCUT2D eigenvalue weighted by Crippen LogP contribution is 2.33. The van der Waals surface area contributed by atoms with Gasteiger partial charge in [0.15, 0.2) is 0 Å². The van der Waals surface area contributed by atoms with Gasteiger partial charge in [-0.2, -0.15) is 0 Å². The number of aliphatic carboxylic acids is 1. The third-order valence-corrected chi connectivity index (χ3v) is 3.97. The third-order valence-electron chi connectivity index (χ3n) is 3.97. The second kappa shape index (κ2) is 7.29. The highest BCUT2D eigenvalue weighted by molar-refractivity contribution is 5.66. The van der Waals surface area contributed by atoms with E-state index >= 15 is 0 Å². The van der Waals surface area contributed by atoms with Gasteiger partial charge in [-0.3, -0.25) is 4.79 Å². The number of benzene rings is 1. The first-order valence-corrected chi connectivity index (χ1v) is 7.27. The van der Waals surface area contributed by atoms with Gasteiger partial charge >= 0.3 is 5.97 Å². The van der Waals surface area contributed by atoms with Gasteiger partial charge in [0, 0.05) is 18.9 Å². The third kappa shape index (κ3) is 3.97. The summed E-state index contributed by atoms with van der Waals surface area (Å²) < 4.78 is 5.43. The lowest BCUT2D eigenvalue weighted by molar-refractivity contribution is -0.137. The van der Waals surface area contributed by atoms with Crippen molar-refractivity contribution in [2.45, 2.75) is 31.6 Å². The Morgan fingerprint density at radius 1 is 1.40 bits per heavy atom. The minimum absolute atomic E-state index is 0.282. The molecule has 1 aliphatic heterocycles. The van der Waals surface area contributed by atoms with Crippen LogP contribution in [0.25, 0.3) is 0 Å². The molecule has 0 aromatic heterocycles. The van der Waals surface area contributed by atoms with Crippen molar-refractivity contribution in [2.75, 3.05) is 26.7 Å². The van der Waals surface area contributed by atoms with E-state index in [2.05, 4.69) is 17.0 Å². The molecule has 0 amide bonds. The summed E-state index contributed by atoms with van der Waals surface area (Å²) in [6, 6.07) is 8.23. The molecule has 1 unspecified atom stereocenters. The monoisotopic (exact) mass is 277 g/mol. The molecule has 1 saturated heterocycles. The van der Waals surface area contributed by atoms with Crippen LogP contribution in [-0.2, 0) is 4.79 Å². The number of nitrogens with zero attached hydrogens (tertiary/aromatic N) is 1. The maximum atomic E-state index is 10.5. The first-order valence-electron chi connectivity index (χ1n) is 7.27. The molecule has 4 heteroatoms. The minimum atomic E-state index is -0.696. The number of hydrogen-bond donors (Lipinski definition) is 1. The summed E-state index contributed by atoms with van der Waals surface area (Å²) in [6.07, 6.45) is 3.17. The maximum absolute atomic E-state index is 10.5. The molecule has 0 bridgehead atoms. The fourth-order valence-corrected chi connectivity index (χ4v) is 2.90. The number of ether oxygens (including phenoxy) is 1. The highest BCUT2D eigenvalue weighted by Gasteiger charge is 2.25. The average Bonchev–Trinajstić information content (AvgIpc) is 2.92. The van der Waals surface area contributed by atoms with Crippen molar-refractivity contribution in [2.24, 2.45) is 0 Å². The normalized spacial score (nSPS) is 19.1. The molecule has 4 nitrogen and oxygen atoms in total. The minimum Gasteiger partial charge on any atom is -0.496 e. The van der Waals surface area contributed by atoms with Crippen molar-refractivity contribution in [3.05, 3.63) is 29.8 Å². The van der Waals surface area contributed by atoms with Crippen LogP contribution in [0.5, 0.6) is 5.75 Å². The highest BCUT2D eigenvalue weighted by atomic mass is 16.5. The lowest BCUT2D eigenvalue weighted by Crippen LogP contribution is -2.21. The molecule has 0 spiro atoms. The Kier molecular flexibility index (Phi) is 5.41. The van der Waals surface area contributed by atoms with Gasteiger partial charge in [-0.15, -0.1) is 0 Å². The van der Waals surface area contributed by atoms with Crippen LogP contribution in [0.15, 0.2) is 24.3 Å². The molecule has 1 heterocycles. The number of carbonyl (C=O) groups is 1. The van der Waals surface area contributed by atoms with Gasteiger partial charge in [0.25, 0.3) is 0 Å². The number of carboxylic acids is 1. The van der Waals surface area contributed by atoms with Crippen molar-refractivity contribution >= 4 is 5.97 Å². The Morgan fingerprint density at radius 3 is 2.95 bits per heavy atom. The summed E-state index contributed by atoms with van der Waals surface area (Å²) in [5, 5.41) is 8.63. The first kappa shape index (κ1) is 14.9.